The van der Waals surface area contributed by atoms with Crippen molar-refractivity contribution in [2.45, 2.75) is 38.8 Å². The molecule has 1 unspecified atom stereocenters. The molecule has 90 valence electrons. The number of nitrogens with zero attached hydrogens (tertiary/aromatic N) is 1. The van der Waals surface area contributed by atoms with Crippen molar-refractivity contribution in [2.24, 2.45) is 16.5 Å². The molecule has 1 saturated heterocycles. The maximum Gasteiger partial charge on any atom is 0.148 e. The van der Waals surface area contributed by atoms with Gasteiger partial charge >= 0.3 is 0 Å². The van der Waals surface area contributed by atoms with Gasteiger partial charge in [-0.15, -0.1) is 0 Å². The van der Waals surface area contributed by atoms with Gasteiger partial charge in [-0.3, -0.25) is 10.4 Å². The maximum atomic E-state index is 7.41. The molecule has 0 aromatic rings. The molecular formula is C11H20N4O. The Morgan fingerprint density at radius 1 is 1.56 bits per heavy atom. The summed E-state index contributed by atoms with van der Waals surface area (Å²) in [6.45, 7) is 2.72. The topological polar surface area (TPSA) is 97.5 Å². The van der Waals surface area contributed by atoms with Crippen LogP contribution in [0.1, 0.15) is 32.6 Å². The highest BCUT2D eigenvalue weighted by Gasteiger charge is 2.15. The molecule has 5 nitrogen and oxygen atoms in total. The summed E-state index contributed by atoms with van der Waals surface area (Å²) in [5.74, 6) is -0.0427. The fraction of sp³-hybridized carbons (Fsp3) is 0.636. The van der Waals surface area contributed by atoms with Crippen molar-refractivity contribution in [2.75, 3.05) is 6.61 Å². The molecule has 0 amide bonds. The van der Waals surface area contributed by atoms with Gasteiger partial charge in [-0.1, -0.05) is 6.92 Å². The molecule has 0 spiro atoms. The Kier molecular flexibility index (Phi) is 4.98. The van der Waals surface area contributed by atoms with Crippen molar-refractivity contribution < 1.29 is 4.74 Å². The Balaban J connectivity index is 2.78. The Bertz CT molecular complexity index is 303. The summed E-state index contributed by atoms with van der Waals surface area (Å²) in [6.07, 6.45) is 5.10. The van der Waals surface area contributed by atoms with E-state index in [-0.39, 0.29) is 12.1 Å². The number of nitrogens with two attached hydrogens (primary N) is 2. The largest absolute Gasteiger partial charge is 0.404 e. The zero-order valence-electron chi connectivity index (χ0n) is 9.70. The van der Waals surface area contributed by atoms with Gasteiger partial charge in [-0.05, 0) is 25.7 Å². The lowest BCUT2D eigenvalue weighted by molar-refractivity contribution is 0.0223. The van der Waals surface area contributed by atoms with E-state index >= 15 is 0 Å². The highest BCUT2D eigenvalue weighted by atomic mass is 16.5. The smallest absolute Gasteiger partial charge is 0.148 e. The van der Waals surface area contributed by atoms with Crippen molar-refractivity contribution in [3.63, 3.8) is 0 Å². The zero-order chi connectivity index (χ0) is 12.0. The highest BCUT2D eigenvalue weighted by Crippen LogP contribution is 2.15. The summed E-state index contributed by atoms with van der Waals surface area (Å²) in [7, 11) is 0. The Morgan fingerprint density at radius 2 is 2.31 bits per heavy atom. The molecule has 0 aromatic carbocycles. The minimum Gasteiger partial charge on any atom is -0.404 e. The van der Waals surface area contributed by atoms with E-state index in [1.54, 1.807) is 0 Å². The van der Waals surface area contributed by atoms with E-state index in [1.807, 2.05) is 6.92 Å². The lowest BCUT2D eigenvalue weighted by atomic mass is 10.1. The molecule has 5 N–H and O–H groups in total. The van der Waals surface area contributed by atoms with Crippen molar-refractivity contribution in [3.05, 3.63) is 11.8 Å². The van der Waals surface area contributed by atoms with Gasteiger partial charge in [-0.2, -0.15) is 0 Å². The molecular weight excluding hydrogens is 204 g/mol. The number of ether oxygens (including phenoxy) is 1. The first kappa shape index (κ1) is 12.7. The van der Waals surface area contributed by atoms with Crippen molar-refractivity contribution in [1.29, 1.82) is 5.41 Å². The van der Waals surface area contributed by atoms with Crippen LogP contribution in [0.25, 0.3) is 0 Å². The third kappa shape index (κ3) is 3.34. The first-order chi connectivity index (χ1) is 7.69. The lowest BCUT2D eigenvalue weighted by Gasteiger charge is -2.20. The predicted molar refractivity (Wildman–Crippen MR) is 65.5 cm³/mol. The number of amidine groups is 1. The number of aliphatic imine (C=N–C) groups is 1. The van der Waals surface area contributed by atoms with Gasteiger partial charge in [0.15, 0.2) is 0 Å². The molecule has 0 radical (unpaired) electrons. The van der Waals surface area contributed by atoms with Crippen LogP contribution in [0, 0.1) is 5.41 Å². The molecule has 0 aliphatic carbocycles. The van der Waals surface area contributed by atoms with Gasteiger partial charge in [0.1, 0.15) is 12.1 Å². The third-order valence-electron chi connectivity index (χ3n) is 2.56. The highest BCUT2D eigenvalue weighted by molar-refractivity contribution is 6.21. The summed E-state index contributed by atoms with van der Waals surface area (Å²) < 4.78 is 5.52. The summed E-state index contributed by atoms with van der Waals surface area (Å²) in [5, 5.41) is 7.41. The second-order valence-corrected chi connectivity index (χ2v) is 3.74. The monoisotopic (exact) mass is 224 g/mol. The first-order valence-corrected chi connectivity index (χ1v) is 5.64. The van der Waals surface area contributed by atoms with Crippen LogP contribution < -0.4 is 11.5 Å². The predicted octanol–water partition coefficient (Wildman–Crippen LogP) is 1.14. The van der Waals surface area contributed by atoms with E-state index in [0.29, 0.717) is 12.0 Å². The van der Waals surface area contributed by atoms with Gasteiger partial charge in [0.25, 0.3) is 0 Å². The zero-order valence-corrected chi connectivity index (χ0v) is 9.70. The molecule has 1 heterocycles. The standard InChI is InChI=1S/C11H20N4O/c1-2-9(8(7-12)11(13)14)15-10-5-3-4-6-16-10/h7,10H,2-6,12H2,1H3,(H3,13,14). The SMILES string of the molecule is CCC(=NC1CCCCO1)C(=CN)C(=N)N. The molecule has 1 aliphatic heterocycles. The van der Waals surface area contributed by atoms with Crippen molar-refractivity contribution in [1.82, 2.24) is 0 Å². The quantitative estimate of drug-likeness (QED) is 0.493. The summed E-state index contributed by atoms with van der Waals surface area (Å²) in [4.78, 5) is 4.47. The minimum absolute atomic E-state index is 0.0427. The molecule has 1 atom stereocenters. The number of nitrogens with one attached hydrogen (secondary N) is 1. The fourth-order valence-corrected chi connectivity index (χ4v) is 1.69. The number of hydrogen-bond donors (Lipinski definition) is 3. The molecule has 0 aromatic heterocycles. The van der Waals surface area contributed by atoms with E-state index in [4.69, 9.17) is 21.6 Å². The van der Waals surface area contributed by atoms with Crippen LogP contribution in [0.2, 0.25) is 0 Å². The van der Waals surface area contributed by atoms with Crippen molar-refractivity contribution >= 4 is 11.5 Å². The van der Waals surface area contributed by atoms with Crippen LogP contribution in [0.3, 0.4) is 0 Å². The van der Waals surface area contributed by atoms with Crippen LogP contribution in [0.15, 0.2) is 16.8 Å². The maximum absolute atomic E-state index is 7.41. The Hall–Kier alpha value is -1.36. The van der Waals surface area contributed by atoms with E-state index in [9.17, 15) is 0 Å². The molecule has 16 heavy (non-hydrogen) atoms. The lowest BCUT2D eigenvalue weighted by Crippen LogP contribution is -2.24. The van der Waals surface area contributed by atoms with Crippen LogP contribution in [-0.4, -0.2) is 24.4 Å². The van der Waals surface area contributed by atoms with E-state index in [0.717, 1.165) is 31.6 Å². The molecule has 1 rings (SSSR count). The van der Waals surface area contributed by atoms with Gasteiger partial charge < -0.3 is 16.2 Å². The fourth-order valence-electron chi connectivity index (χ4n) is 1.69. The van der Waals surface area contributed by atoms with Crippen LogP contribution in [-0.2, 0) is 4.74 Å². The summed E-state index contributed by atoms with van der Waals surface area (Å²) >= 11 is 0. The average Bonchev–Trinajstić information content (AvgIpc) is 2.29. The number of hydrogen-bond acceptors (Lipinski definition) is 4. The Morgan fingerprint density at radius 3 is 2.75 bits per heavy atom. The van der Waals surface area contributed by atoms with Crippen LogP contribution >= 0.6 is 0 Å². The van der Waals surface area contributed by atoms with E-state index in [2.05, 4.69) is 4.99 Å². The van der Waals surface area contributed by atoms with Gasteiger partial charge in [0.2, 0.25) is 0 Å². The molecule has 0 bridgehead atoms. The molecule has 1 aliphatic rings. The van der Waals surface area contributed by atoms with Gasteiger partial charge in [0.05, 0.1) is 11.3 Å². The van der Waals surface area contributed by atoms with Gasteiger partial charge in [-0.25, -0.2) is 0 Å². The Labute approximate surface area is 96.1 Å². The number of rotatable bonds is 4. The van der Waals surface area contributed by atoms with Crippen molar-refractivity contribution in [3.8, 4) is 0 Å². The average molecular weight is 224 g/mol. The first-order valence-electron chi connectivity index (χ1n) is 5.64. The minimum atomic E-state index is -0.0991. The van der Waals surface area contributed by atoms with E-state index < -0.39 is 0 Å². The second-order valence-electron chi connectivity index (χ2n) is 3.74. The summed E-state index contributed by atoms with van der Waals surface area (Å²) in [6, 6.07) is 0. The van der Waals surface area contributed by atoms with Crippen LogP contribution in [0.4, 0.5) is 0 Å². The summed E-state index contributed by atoms with van der Waals surface area (Å²) in [5.41, 5.74) is 12.2. The third-order valence-corrected chi connectivity index (χ3v) is 2.56. The van der Waals surface area contributed by atoms with E-state index in [1.165, 1.54) is 6.20 Å². The second kappa shape index (κ2) is 6.27. The normalized spacial score (nSPS) is 23.2. The molecule has 1 fully saturated rings. The van der Waals surface area contributed by atoms with Crippen LogP contribution in [0.5, 0.6) is 0 Å². The molecule has 0 saturated carbocycles. The molecule has 5 heteroatoms. The van der Waals surface area contributed by atoms with Gasteiger partial charge in [0, 0.05) is 12.8 Å².